The number of anilines is 5. The van der Waals surface area contributed by atoms with Crippen LogP contribution >= 0.6 is 34.8 Å². The van der Waals surface area contributed by atoms with E-state index in [-0.39, 0.29) is 156 Å². The minimum Gasteiger partial charge on any atom is -0.507 e. The number of rotatable bonds is 12. The molecule has 5 atom stereocenters. The number of hydrogen-bond donors (Lipinski definition) is 4. The largest absolute Gasteiger partial charge is 0.507 e. The highest BCUT2D eigenvalue weighted by Crippen LogP contribution is 2.56. The third-order valence-electron chi connectivity index (χ3n) is 25.3. The van der Waals surface area contributed by atoms with Crippen molar-refractivity contribution in [3.8, 4) is 73.4 Å². The first kappa shape index (κ1) is 95.1. The number of nitrogens with one attached hydrogen (secondary N) is 1. The number of carbonyl (C=O) groups excluding carboxylic acids is 4. The van der Waals surface area contributed by atoms with Crippen LogP contribution in [0.3, 0.4) is 0 Å². The zero-order valence-electron chi connectivity index (χ0n) is 75.1. The highest BCUT2D eigenvalue weighted by molar-refractivity contribution is 6.41. The monoisotopic (exact) mass is 1930 g/mol. The summed E-state index contributed by atoms with van der Waals surface area (Å²) >= 11 is 21.0. The van der Waals surface area contributed by atoms with E-state index in [4.69, 9.17) is 39.5 Å². The Kier molecular flexibility index (Phi) is 25.4. The lowest BCUT2D eigenvalue weighted by Crippen LogP contribution is -2.61. The maximum Gasteiger partial charge on any atom is 0.354 e. The van der Waals surface area contributed by atoms with Gasteiger partial charge in [0.15, 0.2) is 58.1 Å². The van der Waals surface area contributed by atoms with Gasteiger partial charge in [0.1, 0.15) is 47.4 Å². The number of aryl methyl sites for hydroxylation is 3. The van der Waals surface area contributed by atoms with Crippen LogP contribution in [-0.2, 0) is 19.2 Å². The van der Waals surface area contributed by atoms with E-state index in [0.717, 1.165) is 39.8 Å². The van der Waals surface area contributed by atoms with E-state index in [1.54, 1.807) is 72.3 Å². The van der Waals surface area contributed by atoms with Crippen molar-refractivity contribution in [1.29, 1.82) is 0 Å². The molecular weight excluding hydrogens is 1840 g/mol. The van der Waals surface area contributed by atoms with E-state index in [9.17, 15) is 62.1 Å². The summed E-state index contributed by atoms with van der Waals surface area (Å²) in [6, 6.07) is 6.84. The summed E-state index contributed by atoms with van der Waals surface area (Å²) in [6.07, 6.45) is 8.29. The van der Waals surface area contributed by atoms with Gasteiger partial charge in [-0.15, -0.1) is 0 Å². The molecule has 0 aliphatic carbocycles. The van der Waals surface area contributed by atoms with E-state index in [1.807, 2.05) is 60.3 Å². The Balaban J connectivity index is 0.000000148. The molecule has 40 heteroatoms. The molecule has 12 aromatic rings. The molecule has 12 heterocycles. The molecule has 6 aliphatic rings. The fourth-order valence-electron chi connectivity index (χ4n) is 19.2. The van der Waals surface area contributed by atoms with Crippen LogP contribution in [0.2, 0.25) is 15.1 Å². The highest BCUT2D eigenvalue weighted by atomic mass is 35.5. The van der Waals surface area contributed by atoms with Gasteiger partial charge in [0.05, 0.1) is 129 Å². The molecule has 136 heavy (non-hydrogen) atoms. The van der Waals surface area contributed by atoms with Gasteiger partial charge < -0.3 is 59.7 Å². The number of halogens is 12. The minimum atomic E-state index is -1.59. The molecule has 6 aliphatic heterocycles. The van der Waals surface area contributed by atoms with Gasteiger partial charge in [0, 0.05) is 100 Å². The van der Waals surface area contributed by atoms with Crippen molar-refractivity contribution in [2.75, 3.05) is 90.9 Å². The van der Waals surface area contributed by atoms with Crippen molar-refractivity contribution >= 4 is 120 Å². The summed E-state index contributed by atoms with van der Waals surface area (Å²) in [6.45, 7) is 31.7. The standard InChI is InChI=1S/C32H28ClF3N6O4.C32H30ClF3N6O3.C32H29ClF3N5O4/c1-6-19(44)40-11-12-41-17(13-40)31(45)39(5)29-22-28(23(33)21(25(29)36)20-18(43)8-7-16(34)24(20)35)42(32(46)38-30(22)41)27-15(4)9-10-37-26(27)14(2)3;1-6-20(44)40-12-16(5)41-17(13-40)11-38-28-23-30(24(33)22(26(28)36)21-19(43)8-7-18(34)25(21)35)42(32(45)39-31(23)41)29-15(4)9-10-37-27(29)14(2)3;1-6-20(43)39-11-16(5)40-17(12-39)13-45-30-23-29(24(33)22(26(30)36)21-19(42)8-7-18(34)25(21)35)41(32(44)38-31(23)40)28-15(4)9-10-37-27(28)14(2)3/h6-10,14,17,43H,1,11-13H2,2-5H3;6-10,14,16-17,38,43H,1,11-13H2,2-5H3;6-10,14,16-17,42H,1,11-13H2,2-5H3. The molecule has 28 nitrogen and oxygen atoms in total. The van der Waals surface area contributed by atoms with Crippen molar-refractivity contribution in [2.45, 2.75) is 124 Å². The van der Waals surface area contributed by atoms with Crippen molar-refractivity contribution in [1.82, 2.24) is 58.3 Å². The second-order valence-corrected chi connectivity index (χ2v) is 35.8. The molecule has 4 amide bonds. The fraction of sp³-hybridized carbons (Fsp3) is 0.302. The predicted octanol–water partition coefficient (Wildman–Crippen LogP) is 16.1. The fourth-order valence-corrected chi connectivity index (χ4v) is 20.2. The average molecular weight is 1930 g/mol. The number of aromatic hydroxyl groups is 3. The number of phenols is 3. The molecule has 6 aromatic carbocycles. The number of amides is 4. The van der Waals surface area contributed by atoms with E-state index >= 15 is 26.3 Å². The number of pyridine rings is 3. The number of hydrogen-bond acceptors (Lipinski definition) is 21. The van der Waals surface area contributed by atoms with Gasteiger partial charge in [-0.2, -0.15) is 15.0 Å². The number of piperazine rings is 3. The van der Waals surface area contributed by atoms with Crippen LogP contribution in [0.25, 0.3) is 83.2 Å². The molecule has 706 valence electrons. The van der Waals surface area contributed by atoms with Crippen molar-refractivity contribution in [3.05, 3.63) is 244 Å². The number of nitrogens with zero attached hydrogens (tertiary/aromatic N) is 16. The van der Waals surface area contributed by atoms with E-state index in [2.05, 4.69) is 55.0 Å². The predicted molar refractivity (Wildman–Crippen MR) is 498 cm³/mol. The topological polar surface area (TPSA) is 316 Å². The first-order valence-electron chi connectivity index (χ1n) is 43.1. The zero-order chi connectivity index (χ0) is 98.3. The summed E-state index contributed by atoms with van der Waals surface area (Å²) < 4.78 is 150. The maximum absolute atomic E-state index is 17.0. The van der Waals surface area contributed by atoms with Crippen LogP contribution in [0.5, 0.6) is 23.0 Å². The lowest BCUT2D eigenvalue weighted by atomic mass is 9.98. The Bertz CT molecular complexity index is 7110. The Morgan fingerprint density at radius 1 is 0.463 bits per heavy atom. The maximum atomic E-state index is 17.0. The lowest BCUT2D eigenvalue weighted by molar-refractivity contribution is -0.129. The molecule has 0 radical (unpaired) electrons. The van der Waals surface area contributed by atoms with Crippen molar-refractivity contribution in [3.63, 3.8) is 0 Å². The summed E-state index contributed by atoms with van der Waals surface area (Å²) in [5.41, 5.74) is -3.56. The zero-order valence-corrected chi connectivity index (χ0v) is 77.3. The molecule has 3 saturated heterocycles. The number of fused-ring (bicyclic) bond motifs is 6. The van der Waals surface area contributed by atoms with Crippen LogP contribution in [0.1, 0.15) is 107 Å². The number of ether oxygens (including phenoxy) is 1. The van der Waals surface area contributed by atoms with Crippen LogP contribution in [-0.4, -0.2) is 193 Å². The van der Waals surface area contributed by atoms with Crippen LogP contribution < -0.4 is 46.7 Å². The molecule has 18 rings (SSSR count). The molecule has 6 aromatic heterocycles. The van der Waals surface area contributed by atoms with Crippen molar-refractivity contribution < 1.29 is 78.7 Å². The van der Waals surface area contributed by atoms with Gasteiger partial charge >= 0.3 is 17.1 Å². The van der Waals surface area contributed by atoms with Gasteiger partial charge in [-0.3, -0.25) is 47.8 Å². The SMILES string of the molecule is C=CC(=O)N1CC(C)N2c3nc(=O)n(-c4c(C)ccnc4C(C)C)c4c(Cl)c(-c5c(O)ccc(F)c5F)c(F)c(c34)NCC2C1.C=CC(=O)N1CC(C)N2c3nc(=O)n(-c4c(C)ccnc4C(C)C)c4c(Cl)c(-c5c(O)ccc(F)c5F)c(F)c(c34)OCC2C1.C=CC(=O)N1CCN2c3nc(=O)n(-c4c(C)ccnc4C(C)C)c4c(Cl)c(-c5c(O)ccc(F)c5F)c(F)c(c34)N(C)C(=O)C2C1. The molecular formula is C96H87Cl3F9N17O11. The quantitative estimate of drug-likeness (QED) is 0.0652. The summed E-state index contributed by atoms with van der Waals surface area (Å²) in [7, 11) is 1.28. The molecule has 5 unspecified atom stereocenters. The molecule has 0 bridgehead atoms. The average Bonchev–Trinajstić information content (AvgIpc) is 1.35. The van der Waals surface area contributed by atoms with E-state index in [1.165, 1.54) is 38.1 Å². The molecule has 0 spiro atoms. The third kappa shape index (κ3) is 15.4. The Labute approximate surface area is 785 Å². The van der Waals surface area contributed by atoms with E-state index in [0.29, 0.717) is 57.3 Å². The van der Waals surface area contributed by atoms with Crippen LogP contribution in [0.4, 0.5) is 68.3 Å². The molecule has 4 N–H and O–H groups in total. The smallest absolute Gasteiger partial charge is 0.354 e. The summed E-state index contributed by atoms with van der Waals surface area (Å²) in [4.78, 5) is 132. The molecule has 0 saturated carbocycles. The first-order chi connectivity index (χ1) is 64.5. The first-order valence-corrected chi connectivity index (χ1v) is 44.2. The number of phenolic OH excluding ortho intramolecular Hbond substituents is 3. The molecule has 3 fully saturated rings. The van der Waals surface area contributed by atoms with Crippen LogP contribution in [0.15, 0.2) is 126 Å². The Morgan fingerprint density at radius 2 is 0.838 bits per heavy atom. The second-order valence-electron chi connectivity index (χ2n) is 34.7. The van der Waals surface area contributed by atoms with Crippen molar-refractivity contribution in [2.24, 2.45) is 0 Å². The Morgan fingerprint density at radius 3 is 1.26 bits per heavy atom. The summed E-state index contributed by atoms with van der Waals surface area (Å²) in [5.74, 6) is -17.1. The number of aromatic nitrogens is 9. The van der Waals surface area contributed by atoms with Gasteiger partial charge in [-0.1, -0.05) is 96.1 Å². The van der Waals surface area contributed by atoms with E-state index < -0.39 is 183 Å². The Hall–Kier alpha value is -14.1. The number of carbonyl (C=O) groups is 4. The normalized spacial score (nSPS) is 17.2. The number of benzene rings is 6. The van der Waals surface area contributed by atoms with Gasteiger partial charge in [0.2, 0.25) is 17.7 Å². The van der Waals surface area contributed by atoms with Crippen LogP contribution in [0, 0.1) is 73.1 Å². The lowest BCUT2D eigenvalue weighted by Gasteiger charge is -2.45. The third-order valence-corrected chi connectivity index (χ3v) is 26.4. The minimum absolute atomic E-state index is 0.0213. The summed E-state index contributed by atoms with van der Waals surface area (Å²) in [5, 5.41) is 33.8. The van der Waals surface area contributed by atoms with Gasteiger partial charge in [-0.25, -0.2) is 53.9 Å². The second kappa shape index (κ2) is 36.3. The number of likely N-dealkylation sites (N-methyl/N-ethyl adjacent to an activating group) is 1. The highest BCUT2D eigenvalue weighted by Gasteiger charge is 2.48. The van der Waals surface area contributed by atoms with Gasteiger partial charge in [0.25, 0.3) is 5.91 Å². The van der Waals surface area contributed by atoms with Gasteiger partial charge in [-0.05, 0) is 142 Å².